The van der Waals surface area contributed by atoms with Crippen molar-refractivity contribution in [1.82, 2.24) is 4.90 Å². The summed E-state index contributed by atoms with van der Waals surface area (Å²) in [7, 11) is 2.21. The highest BCUT2D eigenvalue weighted by Crippen LogP contribution is 2.36. The van der Waals surface area contributed by atoms with E-state index in [1.807, 2.05) is 0 Å². The van der Waals surface area contributed by atoms with Gasteiger partial charge in [0.2, 0.25) is 0 Å². The molecule has 106 valence electrons. The van der Waals surface area contributed by atoms with Crippen LogP contribution in [0.3, 0.4) is 0 Å². The minimum atomic E-state index is 0.524. The van der Waals surface area contributed by atoms with Crippen LogP contribution in [0.5, 0.6) is 0 Å². The summed E-state index contributed by atoms with van der Waals surface area (Å²) in [5, 5.41) is 0. The Morgan fingerprint density at radius 2 is 2.21 bits per heavy atom. The maximum atomic E-state index is 5.81. The van der Waals surface area contributed by atoms with Crippen LogP contribution in [0.15, 0.2) is 22.7 Å². The van der Waals surface area contributed by atoms with Crippen LogP contribution in [0.4, 0.5) is 0 Å². The van der Waals surface area contributed by atoms with Crippen molar-refractivity contribution < 1.29 is 0 Å². The number of nitrogens with two attached hydrogens (primary N) is 1. The molecule has 1 saturated heterocycles. The number of rotatable bonds is 4. The van der Waals surface area contributed by atoms with Crippen LogP contribution in [-0.2, 0) is 0 Å². The molecule has 3 heteroatoms. The predicted molar refractivity (Wildman–Crippen MR) is 85.4 cm³/mol. The molecule has 1 aromatic carbocycles. The number of hydrogen-bond acceptors (Lipinski definition) is 2. The number of benzene rings is 1. The zero-order valence-corrected chi connectivity index (χ0v) is 13.8. The van der Waals surface area contributed by atoms with Crippen molar-refractivity contribution in [1.29, 1.82) is 0 Å². The molecule has 2 nitrogen and oxygen atoms in total. The lowest BCUT2D eigenvalue weighted by Crippen LogP contribution is -2.20. The van der Waals surface area contributed by atoms with Crippen LogP contribution in [0.2, 0.25) is 0 Å². The number of hydrogen-bond donors (Lipinski definition) is 1. The maximum absolute atomic E-state index is 5.81. The summed E-state index contributed by atoms with van der Waals surface area (Å²) >= 11 is 3.74. The number of nitrogens with zero attached hydrogens (tertiary/aromatic N) is 1. The molecule has 0 aromatic heterocycles. The highest BCUT2D eigenvalue weighted by atomic mass is 79.9. The third-order valence-corrected chi connectivity index (χ3v) is 5.21. The van der Waals surface area contributed by atoms with Gasteiger partial charge in [-0.25, -0.2) is 0 Å². The molecule has 2 N–H and O–H groups in total. The Hall–Kier alpha value is -0.380. The van der Waals surface area contributed by atoms with Gasteiger partial charge in [0.1, 0.15) is 0 Å². The van der Waals surface area contributed by atoms with E-state index in [9.17, 15) is 0 Å². The van der Waals surface area contributed by atoms with Crippen LogP contribution in [0.1, 0.15) is 49.8 Å². The highest BCUT2D eigenvalue weighted by molar-refractivity contribution is 9.10. The second-order valence-corrected chi connectivity index (χ2v) is 6.74. The Labute approximate surface area is 125 Å². The smallest absolute Gasteiger partial charge is 0.0349 e. The van der Waals surface area contributed by atoms with Gasteiger partial charge < -0.3 is 5.73 Å². The van der Waals surface area contributed by atoms with E-state index in [1.165, 1.54) is 28.4 Å². The summed E-state index contributed by atoms with van der Waals surface area (Å²) in [4.78, 5) is 2.43. The van der Waals surface area contributed by atoms with E-state index in [2.05, 4.69) is 59.9 Å². The zero-order valence-electron chi connectivity index (χ0n) is 12.2. The number of likely N-dealkylation sites (tertiary alicyclic amines) is 1. The average Bonchev–Trinajstić information content (AvgIpc) is 2.79. The van der Waals surface area contributed by atoms with E-state index in [1.54, 1.807) is 0 Å². The van der Waals surface area contributed by atoms with Crippen molar-refractivity contribution in [3.8, 4) is 0 Å². The van der Waals surface area contributed by atoms with Gasteiger partial charge in [-0.15, -0.1) is 0 Å². The molecule has 1 fully saturated rings. The van der Waals surface area contributed by atoms with Crippen LogP contribution < -0.4 is 5.73 Å². The molecule has 3 atom stereocenters. The molecule has 1 aliphatic rings. The molecule has 0 amide bonds. The van der Waals surface area contributed by atoms with E-state index in [0.717, 1.165) is 13.1 Å². The molecule has 1 heterocycles. The molecule has 1 aliphatic heterocycles. The zero-order chi connectivity index (χ0) is 14.0. The van der Waals surface area contributed by atoms with Gasteiger partial charge in [-0.2, -0.15) is 0 Å². The minimum absolute atomic E-state index is 0.524. The first-order valence-electron chi connectivity index (χ1n) is 7.26. The predicted octanol–water partition coefficient (Wildman–Crippen LogP) is 3.91. The van der Waals surface area contributed by atoms with Crippen LogP contribution in [-0.4, -0.2) is 25.0 Å². The second-order valence-electron chi connectivity index (χ2n) is 5.88. The normalized spacial score (nSPS) is 25.7. The van der Waals surface area contributed by atoms with Crippen molar-refractivity contribution in [2.75, 3.05) is 20.1 Å². The fraction of sp³-hybridized carbons (Fsp3) is 0.625. The highest BCUT2D eigenvalue weighted by Gasteiger charge is 2.29. The Morgan fingerprint density at radius 1 is 1.47 bits per heavy atom. The summed E-state index contributed by atoms with van der Waals surface area (Å²) < 4.78 is 1.25. The van der Waals surface area contributed by atoms with Crippen molar-refractivity contribution in [2.24, 2.45) is 11.7 Å². The largest absolute Gasteiger partial charge is 0.330 e. The van der Waals surface area contributed by atoms with Crippen molar-refractivity contribution in [3.05, 3.63) is 33.8 Å². The summed E-state index contributed by atoms with van der Waals surface area (Å²) in [5.74, 6) is 1.25. The Morgan fingerprint density at radius 3 is 2.74 bits per heavy atom. The van der Waals surface area contributed by atoms with Gasteiger partial charge in [0, 0.05) is 17.1 Å². The van der Waals surface area contributed by atoms with Gasteiger partial charge in [0.25, 0.3) is 0 Å². The molecule has 0 spiro atoms. The molecular weight excluding hydrogens is 300 g/mol. The monoisotopic (exact) mass is 324 g/mol. The lowest BCUT2D eigenvalue weighted by Gasteiger charge is -2.21. The van der Waals surface area contributed by atoms with Crippen LogP contribution in [0.25, 0.3) is 0 Å². The Bertz CT molecular complexity index is 433. The molecule has 1 aromatic rings. The lowest BCUT2D eigenvalue weighted by atomic mass is 9.94. The molecule has 0 radical (unpaired) electrons. The second kappa shape index (κ2) is 6.38. The first-order chi connectivity index (χ1) is 9.06. The third-order valence-electron chi connectivity index (χ3n) is 4.52. The SMILES string of the molecule is CCC(C)c1ccc(C2CC(CN)CN2C)cc1Br. The number of halogens is 1. The van der Waals surface area contributed by atoms with Gasteiger partial charge in [0.15, 0.2) is 0 Å². The van der Waals surface area contributed by atoms with E-state index >= 15 is 0 Å². The summed E-state index contributed by atoms with van der Waals surface area (Å²) in [6.07, 6.45) is 2.36. The van der Waals surface area contributed by atoms with Crippen LogP contribution in [0, 0.1) is 5.92 Å². The van der Waals surface area contributed by atoms with Gasteiger partial charge in [-0.1, -0.05) is 41.9 Å². The fourth-order valence-electron chi connectivity index (χ4n) is 3.04. The van der Waals surface area contributed by atoms with Crippen molar-refractivity contribution in [2.45, 2.75) is 38.6 Å². The summed E-state index contributed by atoms with van der Waals surface area (Å²) in [6, 6.07) is 7.42. The molecular formula is C16H25BrN2. The summed E-state index contributed by atoms with van der Waals surface area (Å²) in [6.45, 7) is 6.44. The molecule has 2 rings (SSSR count). The minimum Gasteiger partial charge on any atom is -0.330 e. The van der Waals surface area contributed by atoms with E-state index in [0.29, 0.717) is 17.9 Å². The first-order valence-corrected chi connectivity index (χ1v) is 8.05. The topological polar surface area (TPSA) is 29.3 Å². The maximum Gasteiger partial charge on any atom is 0.0349 e. The van der Waals surface area contributed by atoms with Gasteiger partial charge in [0.05, 0.1) is 0 Å². The van der Waals surface area contributed by atoms with Crippen molar-refractivity contribution in [3.63, 3.8) is 0 Å². The van der Waals surface area contributed by atoms with Gasteiger partial charge >= 0.3 is 0 Å². The van der Waals surface area contributed by atoms with E-state index in [4.69, 9.17) is 5.73 Å². The van der Waals surface area contributed by atoms with Crippen molar-refractivity contribution >= 4 is 15.9 Å². The molecule has 0 saturated carbocycles. The van der Waals surface area contributed by atoms with E-state index in [-0.39, 0.29) is 0 Å². The summed E-state index contributed by atoms with van der Waals surface area (Å²) in [5.41, 5.74) is 8.65. The first kappa shape index (κ1) is 15.0. The van der Waals surface area contributed by atoms with E-state index < -0.39 is 0 Å². The van der Waals surface area contributed by atoms with Gasteiger partial charge in [-0.3, -0.25) is 4.90 Å². The third kappa shape index (κ3) is 3.21. The molecule has 3 unspecified atom stereocenters. The Balaban J connectivity index is 2.20. The molecule has 19 heavy (non-hydrogen) atoms. The quantitative estimate of drug-likeness (QED) is 0.909. The molecule has 0 bridgehead atoms. The molecule has 0 aliphatic carbocycles. The van der Waals surface area contributed by atoms with Gasteiger partial charge in [-0.05, 0) is 55.5 Å². The standard InChI is InChI=1S/C16H25BrN2/c1-4-11(2)14-6-5-13(8-15(14)17)16-7-12(9-18)10-19(16)3/h5-6,8,11-12,16H,4,7,9-10,18H2,1-3H3. The fourth-order valence-corrected chi connectivity index (χ4v) is 3.82. The van der Waals surface area contributed by atoms with Crippen LogP contribution >= 0.6 is 15.9 Å². The lowest BCUT2D eigenvalue weighted by molar-refractivity contribution is 0.313. The Kier molecular flexibility index (Phi) is 5.04. The average molecular weight is 325 g/mol.